The number of nitrogens with one attached hydrogen (secondary N) is 1. The van der Waals surface area contributed by atoms with Gasteiger partial charge in [-0.1, -0.05) is 71.1 Å². The second-order valence-corrected chi connectivity index (χ2v) is 10.8. The van der Waals surface area contributed by atoms with Crippen molar-refractivity contribution in [2.75, 3.05) is 12.9 Å². The summed E-state index contributed by atoms with van der Waals surface area (Å²) in [5, 5.41) is 13.4. The summed E-state index contributed by atoms with van der Waals surface area (Å²) < 4.78 is 26.5. The quantitative estimate of drug-likeness (QED) is 0.122. The lowest BCUT2D eigenvalue weighted by atomic mass is 10.2. The number of amides is 1. The number of aromatic nitrogens is 2. The van der Waals surface area contributed by atoms with Gasteiger partial charge < -0.3 is 9.47 Å². The molecule has 0 saturated carbocycles. The summed E-state index contributed by atoms with van der Waals surface area (Å²) in [6.45, 7) is -0.0803. The fraction of sp³-hybridized carbons (Fsp3) is 0.120. The molecule has 0 aliphatic carbocycles. The molecule has 1 heterocycles. The van der Waals surface area contributed by atoms with Crippen LogP contribution in [0.15, 0.2) is 74.6 Å². The van der Waals surface area contributed by atoms with Gasteiger partial charge in [0.25, 0.3) is 5.91 Å². The third-order valence-electron chi connectivity index (χ3n) is 4.83. The first-order valence-electron chi connectivity index (χ1n) is 10.7. The van der Waals surface area contributed by atoms with E-state index in [9.17, 15) is 9.18 Å². The fourth-order valence-electron chi connectivity index (χ4n) is 3.07. The lowest BCUT2D eigenvalue weighted by molar-refractivity contribution is -0.118. The summed E-state index contributed by atoms with van der Waals surface area (Å²) in [6, 6.07) is 17.6. The molecule has 1 amide bonds. The third kappa shape index (κ3) is 7.29. The van der Waals surface area contributed by atoms with Gasteiger partial charge in [-0.05, 0) is 45.8 Å². The summed E-state index contributed by atoms with van der Waals surface area (Å²) in [5.41, 5.74) is 4.36. The molecular weight excluding hydrogens is 603 g/mol. The first-order valence-corrected chi connectivity index (χ1v) is 13.7. The zero-order chi connectivity index (χ0) is 26.2. The molecule has 0 atom stereocenters. The van der Waals surface area contributed by atoms with Gasteiger partial charge in [0, 0.05) is 11.1 Å². The number of rotatable bonds is 10. The molecule has 7 nitrogen and oxygen atoms in total. The molecule has 0 unspecified atom stereocenters. The van der Waals surface area contributed by atoms with Gasteiger partial charge in [0.15, 0.2) is 15.8 Å². The minimum atomic E-state index is -0.456. The van der Waals surface area contributed by atoms with Gasteiger partial charge >= 0.3 is 0 Å². The second-order valence-electron chi connectivity index (χ2n) is 7.34. The number of carbonyl (C=O) groups excluding carboxylic acids is 1. The number of hydrogen-bond donors (Lipinski definition) is 1. The van der Waals surface area contributed by atoms with Gasteiger partial charge in [0.2, 0.25) is 0 Å². The van der Waals surface area contributed by atoms with E-state index in [1.165, 1.54) is 48.6 Å². The normalized spacial score (nSPS) is 11.0. The van der Waals surface area contributed by atoms with Crippen molar-refractivity contribution in [2.24, 2.45) is 5.10 Å². The summed E-state index contributed by atoms with van der Waals surface area (Å²) in [6.07, 6.45) is 1.48. The molecule has 3 aromatic carbocycles. The highest BCUT2D eigenvalue weighted by Crippen LogP contribution is 2.37. The first kappa shape index (κ1) is 27.1. The van der Waals surface area contributed by atoms with Crippen molar-refractivity contribution in [2.45, 2.75) is 10.9 Å². The van der Waals surface area contributed by atoms with Crippen molar-refractivity contribution in [3.05, 3.63) is 87.1 Å². The van der Waals surface area contributed by atoms with E-state index in [1.54, 1.807) is 18.2 Å². The van der Waals surface area contributed by atoms with E-state index >= 15 is 0 Å². The Morgan fingerprint density at radius 3 is 2.78 bits per heavy atom. The highest BCUT2D eigenvalue weighted by Gasteiger charge is 2.14. The maximum atomic E-state index is 14.1. The average Bonchev–Trinajstić information content (AvgIpc) is 3.37. The van der Waals surface area contributed by atoms with Crippen molar-refractivity contribution in [1.29, 1.82) is 0 Å². The summed E-state index contributed by atoms with van der Waals surface area (Å²) in [7, 11) is 1.49. The minimum Gasteiger partial charge on any atom is -0.493 e. The van der Waals surface area contributed by atoms with Crippen molar-refractivity contribution >= 4 is 62.8 Å². The zero-order valence-corrected chi connectivity index (χ0v) is 23.3. The molecule has 4 aromatic rings. The van der Waals surface area contributed by atoms with Gasteiger partial charge in [-0.2, -0.15) is 5.10 Å². The van der Waals surface area contributed by atoms with Crippen LogP contribution < -0.4 is 14.9 Å². The number of benzene rings is 3. The van der Waals surface area contributed by atoms with Crippen LogP contribution in [-0.2, 0) is 11.4 Å². The van der Waals surface area contributed by atoms with Crippen molar-refractivity contribution in [3.8, 4) is 22.1 Å². The Labute approximate surface area is 234 Å². The van der Waals surface area contributed by atoms with Crippen molar-refractivity contribution in [3.63, 3.8) is 0 Å². The van der Waals surface area contributed by atoms with E-state index in [4.69, 9.17) is 21.1 Å². The van der Waals surface area contributed by atoms with Crippen LogP contribution in [0.1, 0.15) is 11.1 Å². The van der Waals surface area contributed by atoms with Gasteiger partial charge in [0.1, 0.15) is 17.4 Å². The predicted molar refractivity (Wildman–Crippen MR) is 148 cm³/mol. The lowest BCUT2D eigenvalue weighted by Gasteiger charge is -2.14. The van der Waals surface area contributed by atoms with Gasteiger partial charge in [0.05, 0.1) is 28.6 Å². The van der Waals surface area contributed by atoms with Crippen molar-refractivity contribution in [1.82, 2.24) is 15.6 Å². The summed E-state index contributed by atoms with van der Waals surface area (Å²) in [4.78, 5) is 12.2. The SMILES string of the molecule is COc1cc(C=NNC(=O)CSc2nnc(-c3ccccc3)s2)cc(Br)c1OCc1c(F)cccc1Cl. The molecule has 1 N–H and O–H groups in total. The maximum Gasteiger partial charge on any atom is 0.250 e. The molecule has 1 aromatic heterocycles. The topological polar surface area (TPSA) is 85.7 Å². The maximum absolute atomic E-state index is 14.1. The Hall–Kier alpha value is -2.99. The van der Waals surface area contributed by atoms with Gasteiger partial charge in [-0.3, -0.25) is 4.79 Å². The molecule has 0 fully saturated rings. The van der Waals surface area contributed by atoms with Crippen LogP contribution in [0.5, 0.6) is 11.5 Å². The Morgan fingerprint density at radius 1 is 1.22 bits per heavy atom. The number of hydrogen-bond acceptors (Lipinski definition) is 8. The van der Waals surface area contributed by atoms with E-state index in [-0.39, 0.29) is 28.9 Å². The lowest BCUT2D eigenvalue weighted by Crippen LogP contribution is -2.19. The van der Waals surface area contributed by atoms with E-state index < -0.39 is 5.82 Å². The molecule has 0 spiro atoms. The van der Waals surface area contributed by atoms with E-state index in [0.29, 0.717) is 25.9 Å². The molecule has 0 aliphatic heterocycles. The molecule has 0 aliphatic rings. The molecule has 4 rings (SSSR count). The third-order valence-corrected chi connectivity index (χ3v) is 7.88. The molecule has 0 bridgehead atoms. The molecule has 37 heavy (non-hydrogen) atoms. The van der Waals surface area contributed by atoms with Crippen LogP contribution in [0.3, 0.4) is 0 Å². The summed E-state index contributed by atoms with van der Waals surface area (Å²) in [5.74, 6) is 0.176. The molecular formula is C25H19BrClFN4O3S2. The van der Waals surface area contributed by atoms with E-state index in [2.05, 4.69) is 36.7 Å². The monoisotopic (exact) mass is 620 g/mol. The van der Waals surface area contributed by atoms with Crippen LogP contribution in [0.25, 0.3) is 10.6 Å². The van der Waals surface area contributed by atoms with E-state index in [1.807, 2.05) is 30.3 Å². The number of hydrazone groups is 1. The molecule has 0 radical (unpaired) electrons. The number of ether oxygens (including phenoxy) is 2. The number of methoxy groups -OCH3 is 1. The second kappa shape index (κ2) is 13.0. The Balaban J connectivity index is 1.32. The fourth-order valence-corrected chi connectivity index (χ4v) is 5.51. The Morgan fingerprint density at radius 2 is 2.03 bits per heavy atom. The molecule has 0 saturated heterocycles. The smallest absolute Gasteiger partial charge is 0.250 e. The van der Waals surface area contributed by atoms with Crippen LogP contribution in [-0.4, -0.2) is 35.2 Å². The number of carbonyl (C=O) groups is 1. The summed E-state index contributed by atoms with van der Waals surface area (Å²) >= 11 is 12.2. The van der Waals surface area contributed by atoms with E-state index in [0.717, 1.165) is 10.6 Å². The number of halogens is 3. The Bertz CT molecular complexity index is 1400. The van der Waals surface area contributed by atoms with Crippen LogP contribution >= 0.6 is 50.6 Å². The van der Waals surface area contributed by atoms with Crippen molar-refractivity contribution < 1.29 is 18.7 Å². The first-order chi connectivity index (χ1) is 17.9. The van der Waals surface area contributed by atoms with Crippen LogP contribution in [0.4, 0.5) is 4.39 Å². The predicted octanol–water partition coefficient (Wildman–Crippen LogP) is 6.59. The Kier molecular flexibility index (Phi) is 9.51. The molecule has 12 heteroatoms. The highest BCUT2D eigenvalue weighted by molar-refractivity contribution is 9.10. The van der Waals surface area contributed by atoms with Crippen LogP contribution in [0, 0.1) is 5.82 Å². The van der Waals surface area contributed by atoms with Gasteiger partial charge in [-0.15, -0.1) is 10.2 Å². The largest absolute Gasteiger partial charge is 0.493 e. The number of nitrogens with zero attached hydrogens (tertiary/aromatic N) is 3. The zero-order valence-electron chi connectivity index (χ0n) is 19.3. The number of thioether (sulfide) groups is 1. The molecule has 190 valence electrons. The van der Waals surface area contributed by atoms with Gasteiger partial charge in [-0.25, -0.2) is 9.82 Å². The standard InChI is InChI=1S/C25H19BrClFN4O3S2/c1-34-21-11-15(10-18(26)23(21)35-13-17-19(27)8-5-9-20(17)28)12-29-30-22(33)14-36-25-32-31-24(37-25)16-6-3-2-4-7-16/h2-12H,13-14H2,1H3,(H,30,33). The van der Waals surface area contributed by atoms with Crippen LogP contribution in [0.2, 0.25) is 5.02 Å². The minimum absolute atomic E-state index is 0.0803. The highest BCUT2D eigenvalue weighted by atomic mass is 79.9. The average molecular weight is 622 g/mol.